The molecular weight excluding hydrogens is 390 g/mol. The largest absolute Gasteiger partial charge is 0.378 e. The summed E-state index contributed by atoms with van der Waals surface area (Å²) in [6.07, 6.45) is -0.820. The second-order valence-corrected chi connectivity index (χ2v) is 8.36. The van der Waals surface area contributed by atoms with Gasteiger partial charge < -0.3 is 4.90 Å². The van der Waals surface area contributed by atoms with Crippen LogP contribution in [0.15, 0.2) is 48.5 Å². The van der Waals surface area contributed by atoms with Crippen molar-refractivity contribution in [2.24, 2.45) is 5.92 Å². The molecule has 2 aliphatic heterocycles. The van der Waals surface area contributed by atoms with Crippen LogP contribution in [0.4, 0.5) is 11.4 Å². The summed E-state index contributed by atoms with van der Waals surface area (Å²) in [6.45, 7) is 3.68. The molecule has 152 valence electrons. The van der Waals surface area contributed by atoms with Gasteiger partial charge in [-0.3, -0.25) is 19.3 Å². The summed E-state index contributed by atoms with van der Waals surface area (Å²) in [5, 5.41) is 2.29. The fourth-order valence-electron chi connectivity index (χ4n) is 4.07. The topological polar surface area (TPSA) is 53.1 Å². The number of carbonyl (C=O) groups excluding carboxylic acids is 2. The van der Waals surface area contributed by atoms with Crippen LogP contribution in [0.5, 0.6) is 0 Å². The highest BCUT2D eigenvalue weighted by Gasteiger charge is 2.60. The first kappa shape index (κ1) is 19.7. The lowest BCUT2D eigenvalue weighted by Gasteiger charge is -2.30. The summed E-state index contributed by atoms with van der Waals surface area (Å²) in [6, 6.07) is 14.6. The average molecular weight is 414 g/mol. The number of carbonyl (C=O) groups is 2. The standard InChI is InChI=1S/C22H24ClN3O3/c1-13(2)25-21(27)18-19(14-5-9-16(10-6-14)24(3)4)26(29-20(18)22(25)28)17-11-7-15(23)8-12-17/h5-13,18-20H,1-4H3/t18-,19-,20+/m1/s1. The highest BCUT2D eigenvalue weighted by molar-refractivity contribution is 6.30. The summed E-state index contributed by atoms with van der Waals surface area (Å²) in [7, 11) is 3.95. The van der Waals surface area contributed by atoms with Crippen molar-refractivity contribution in [1.29, 1.82) is 0 Å². The van der Waals surface area contributed by atoms with Crippen molar-refractivity contribution in [1.82, 2.24) is 4.90 Å². The van der Waals surface area contributed by atoms with Crippen molar-refractivity contribution in [2.75, 3.05) is 24.1 Å². The van der Waals surface area contributed by atoms with E-state index in [2.05, 4.69) is 0 Å². The Hall–Kier alpha value is -2.57. The number of fused-ring (bicyclic) bond motifs is 1. The number of anilines is 2. The SMILES string of the molecule is CC(C)N1C(=O)[C@H]2[C@H](ON(c3ccc(Cl)cc3)[C@@H]2c2ccc(N(C)C)cc2)C1=O. The quantitative estimate of drug-likeness (QED) is 0.716. The third kappa shape index (κ3) is 3.26. The lowest BCUT2D eigenvalue weighted by Crippen LogP contribution is -2.41. The number of hydrogen-bond acceptors (Lipinski definition) is 5. The van der Waals surface area contributed by atoms with Crippen molar-refractivity contribution in [3.05, 3.63) is 59.1 Å². The molecule has 2 heterocycles. The molecule has 0 unspecified atom stereocenters. The lowest BCUT2D eigenvalue weighted by atomic mass is 9.90. The van der Waals surface area contributed by atoms with Crippen LogP contribution >= 0.6 is 11.6 Å². The minimum absolute atomic E-state index is 0.187. The second-order valence-electron chi connectivity index (χ2n) is 7.93. The van der Waals surface area contributed by atoms with Crippen molar-refractivity contribution >= 4 is 34.8 Å². The molecule has 2 aliphatic rings. The maximum absolute atomic E-state index is 13.2. The Kier molecular flexibility index (Phi) is 5.00. The van der Waals surface area contributed by atoms with E-state index in [1.165, 1.54) is 4.90 Å². The summed E-state index contributed by atoms with van der Waals surface area (Å²) >= 11 is 6.04. The van der Waals surface area contributed by atoms with Crippen molar-refractivity contribution in [3.8, 4) is 0 Å². The molecule has 7 heteroatoms. The highest BCUT2D eigenvalue weighted by Crippen LogP contribution is 2.47. The van der Waals surface area contributed by atoms with Crippen LogP contribution in [0.1, 0.15) is 25.5 Å². The Morgan fingerprint density at radius 2 is 1.59 bits per heavy atom. The van der Waals surface area contributed by atoms with Gasteiger partial charge in [0, 0.05) is 30.8 Å². The van der Waals surface area contributed by atoms with E-state index < -0.39 is 18.1 Å². The normalized spacial score (nSPS) is 23.9. The first-order valence-corrected chi connectivity index (χ1v) is 10.0. The zero-order chi connectivity index (χ0) is 20.9. The van der Waals surface area contributed by atoms with E-state index in [9.17, 15) is 9.59 Å². The highest BCUT2D eigenvalue weighted by atomic mass is 35.5. The molecule has 3 atom stereocenters. The monoisotopic (exact) mass is 413 g/mol. The Balaban J connectivity index is 1.78. The van der Waals surface area contributed by atoms with Crippen LogP contribution < -0.4 is 9.96 Å². The second kappa shape index (κ2) is 7.35. The number of amides is 2. The molecule has 2 amide bonds. The molecule has 29 heavy (non-hydrogen) atoms. The molecule has 2 aromatic carbocycles. The van der Waals surface area contributed by atoms with Crippen molar-refractivity contribution in [2.45, 2.75) is 32.0 Å². The predicted molar refractivity (Wildman–Crippen MR) is 113 cm³/mol. The van der Waals surface area contributed by atoms with E-state index in [0.717, 1.165) is 16.9 Å². The number of halogens is 1. The van der Waals surface area contributed by atoms with Gasteiger partial charge in [-0.2, -0.15) is 0 Å². The van der Waals surface area contributed by atoms with E-state index in [1.54, 1.807) is 17.2 Å². The van der Waals surface area contributed by atoms with Crippen LogP contribution in [0, 0.1) is 5.92 Å². The van der Waals surface area contributed by atoms with Crippen LogP contribution in [0.2, 0.25) is 5.02 Å². The Morgan fingerprint density at radius 3 is 2.14 bits per heavy atom. The van der Waals surface area contributed by atoms with Crippen LogP contribution in [0.3, 0.4) is 0 Å². The van der Waals surface area contributed by atoms with Gasteiger partial charge in [0.25, 0.3) is 5.91 Å². The van der Waals surface area contributed by atoms with Gasteiger partial charge in [0.2, 0.25) is 5.91 Å². The number of rotatable bonds is 4. The van der Waals surface area contributed by atoms with Crippen LogP contribution in [-0.2, 0) is 14.4 Å². The predicted octanol–water partition coefficient (Wildman–Crippen LogP) is 3.66. The number of benzene rings is 2. The Labute approximate surface area is 175 Å². The minimum atomic E-state index is -0.820. The van der Waals surface area contributed by atoms with E-state index >= 15 is 0 Å². The molecule has 4 rings (SSSR count). The van der Waals surface area contributed by atoms with Gasteiger partial charge in [-0.05, 0) is 55.8 Å². The van der Waals surface area contributed by atoms with Gasteiger partial charge in [0.05, 0.1) is 11.7 Å². The molecule has 2 aromatic rings. The lowest BCUT2D eigenvalue weighted by molar-refractivity contribution is -0.145. The van der Waals surface area contributed by atoms with E-state index in [4.69, 9.17) is 16.4 Å². The molecule has 0 aliphatic carbocycles. The van der Waals surface area contributed by atoms with E-state index in [0.29, 0.717) is 5.02 Å². The van der Waals surface area contributed by atoms with Gasteiger partial charge in [-0.25, -0.2) is 5.06 Å². The molecule has 0 bridgehead atoms. The number of imide groups is 1. The number of hydroxylamine groups is 1. The fraction of sp³-hybridized carbons (Fsp3) is 0.364. The van der Waals surface area contributed by atoms with Gasteiger partial charge >= 0.3 is 0 Å². The Morgan fingerprint density at radius 1 is 0.966 bits per heavy atom. The molecule has 0 spiro atoms. The Bertz CT molecular complexity index is 927. The van der Waals surface area contributed by atoms with Gasteiger partial charge in [-0.15, -0.1) is 0 Å². The van der Waals surface area contributed by atoms with Gasteiger partial charge in [-0.1, -0.05) is 23.7 Å². The molecular formula is C22H24ClN3O3. The maximum Gasteiger partial charge on any atom is 0.262 e. The van der Waals surface area contributed by atoms with Crippen molar-refractivity contribution in [3.63, 3.8) is 0 Å². The third-order valence-electron chi connectivity index (χ3n) is 5.50. The maximum atomic E-state index is 13.2. The van der Waals surface area contributed by atoms with Crippen molar-refractivity contribution < 1.29 is 14.4 Å². The average Bonchev–Trinajstić information content (AvgIpc) is 3.19. The van der Waals surface area contributed by atoms with E-state index in [-0.39, 0.29) is 17.9 Å². The zero-order valence-corrected chi connectivity index (χ0v) is 17.6. The number of nitrogens with zero attached hydrogens (tertiary/aromatic N) is 3. The van der Waals surface area contributed by atoms with Gasteiger partial charge in [0.1, 0.15) is 5.92 Å². The molecule has 0 saturated carbocycles. The molecule has 0 aromatic heterocycles. The molecule has 6 nitrogen and oxygen atoms in total. The summed E-state index contributed by atoms with van der Waals surface area (Å²) in [5.41, 5.74) is 2.73. The summed E-state index contributed by atoms with van der Waals surface area (Å²) in [5.74, 6) is -1.06. The molecule has 2 fully saturated rings. The minimum Gasteiger partial charge on any atom is -0.378 e. The third-order valence-corrected chi connectivity index (χ3v) is 5.75. The fourth-order valence-corrected chi connectivity index (χ4v) is 4.19. The van der Waals surface area contributed by atoms with E-state index in [1.807, 2.05) is 69.2 Å². The molecule has 0 N–H and O–H groups in total. The smallest absolute Gasteiger partial charge is 0.262 e. The number of likely N-dealkylation sites (tertiary alicyclic amines) is 1. The van der Waals surface area contributed by atoms with Crippen LogP contribution in [-0.4, -0.2) is 43.0 Å². The first-order valence-electron chi connectivity index (χ1n) is 9.65. The molecule has 2 saturated heterocycles. The zero-order valence-electron chi connectivity index (χ0n) is 16.9. The van der Waals surface area contributed by atoms with Gasteiger partial charge in [0.15, 0.2) is 6.10 Å². The van der Waals surface area contributed by atoms with Crippen LogP contribution in [0.25, 0.3) is 0 Å². The first-order chi connectivity index (χ1) is 13.8. The summed E-state index contributed by atoms with van der Waals surface area (Å²) < 4.78 is 0. The number of hydrogen-bond donors (Lipinski definition) is 0. The summed E-state index contributed by atoms with van der Waals surface area (Å²) in [4.78, 5) is 35.5. The molecule has 0 radical (unpaired) electrons.